The summed E-state index contributed by atoms with van der Waals surface area (Å²) in [4.78, 5) is -0.562. The van der Waals surface area contributed by atoms with Gasteiger partial charge in [-0.1, -0.05) is 0 Å². The van der Waals surface area contributed by atoms with Gasteiger partial charge >= 0.3 is 6.36 Å². The van der Waals surface area contributed by atoms with Crippen LogP contribution < -0.4 is 10.5 Å². The van der Waals surface area contributed by atoms with Gasteiger partial charge < -0.3 is 10.5 Å². The maximum Gasteiger partial charge on any atom is 0.573 e. The van der Waals surface area contributed by atoms with Crippen molar-refractivity contribution in [3.05, 3.63) is 16.6 Å². The summed E-state index contributed by atoms with van der Waals surface area (Å²) < 4.78 is 61.5. The number of halogens is 5. The van der Waals surface area contributed by atoms with E-state index >= 15 is 0 Å². The third kappa shape index (κ3) is 3.93. The first-order chi connectivity index (χ1) is 7.50. The molecule has 1 aromatic rings. The van der Waals surface area contributed by atoms with Crippen molar-refractivity contribution in [1.82, 2.24) is 0 Å². The second kappa shape index (κ2) is 4.54. The number of rotatable bonds is 2. The molecule has 0 bridgehead atoms. The van der Waals surface area contributed by atoms with Gasteiger partial charge in [-0.15, -0.1) is 13.2 Å². The van der Waals surface area contributed by atoms with E-state index in [1.54, 1.807) is 0 Å². The third-order valence-electron chi connectivity index (χ3n) is 1.55. The molecule has 0 aliphatic heterocycles. The third-order valence-corrected chi connectivity index (χ3v) is 3.83. The molecule has 1 rings (SSSR count). The predicted molar refractivity (Wildman–Crippen MR) is 58.3 cm³/mol. The number of nitrogens with two attached hydrogens (primary N) is 1. The number of alkyl halides is 3. The summed E-state index contributed by atoms with van der Waals surface area (Å²) in [5.74, 6) is -0.833. The molecule has 0 unspecified atom stereocenters. The van der Waals surface area contributed by atoms with Crippen molar-refractivity contribution < 1.29 is 26.3 Å². The van der Waals surface area contributed by atoms with Crippen LogP contribution in [0, 0.1) is 0 Å². The molecule has 2 N–H and O–H groups in total. The SMILES string of the molecule is Nc1cc(Br)c(S(=O)(=O)Cl)cc1OC(F)(F)F. The number of hydrogen-bond acceptors (Lipinski definition) is 4. The zero-order valence-electron chi connectivity index (χ0n) is 7.75. The predicted octanol–water partition coefficient (Wildman–Crippen LogP) is 2.86. The van der Waals surface area contributed by atoms with Crippen LogP contribution in [-0.4, -0.2) is 14.8 Å². The Kier molecular flexibility index (Phi) is 3.84. The average molecular weight is 355 g/mol. The molecule has 0 heterocycles. The van der Waals surface area contributed by atoms with E-state index in [4.69, 9.17) is 16.4 Å². The number of benzene rings is 1. The Morgan fingerprint density at radius 2 is 1.88 bits per heavy atom. The van der Waals surface area contributed by atoms with E-state index in [-0.39, 0.29) is 10.2 Å². The fourth-order valence-electron chi connectivity index (χ4n) is 0.950. The molecule has 0 saturated carbocycles. The fraction of sp³-hybridized carbons (Fsp3) is 0.143. The molecule has 10 heteroatoms. The summed E-state index contributed by atoms with van der Waals surface area (Å²) in [7, 11) is 0.818. The zero-order chi connectivity index (χ0) is 13.4. The van der Waals surface area contributed by atoms with Crippen LogP contribution >= 0.6 is 26.6 Å². The van der Waals surface area contributed by atoms with Crippen molar-refractivity contribution in [3.63, 3.8) is 0 Å². The Labute approximate surface area is 107 Å². The van der Waals surface area contributed by atoms with Crippen LogP contribution in [0.5, 0.6) is 5.75 Å². The smallest absolute Gasteiger partial charge is 0.404 e. The summed E-state index contributed by atoms with van der Waals surface area (Å²) in [5.41, 5.74) is 4.87. The molecule has 0 aromatic heterocycles. The monoisotopic (exact) mass is 353 g/mol. The average Bonchev–Trinajstić information content (AvgIpc) is 2.05. The van der Waals surface area contributed by atoms with Crippen LogP contribution in [-0.2, 0) is 9.05 Å². The van der Waals surface area contributed by atoms with E-state index in [2.05, 4.69) is 20.7 Å². The van der Waals surface area contributed by atoms with E-state index in [1.165, 1.54) is 0 Å². The Bertz CT molecular complexity index is 546. The largest absolute Gasteiger partial charge is 0.573 e. The highest BCUT2D eigenvalue weighted by atomic mass is 79.9. The van der Waals surface area contributed by atoms with Gasteiger partial charge in [0.05, 0.1) is 5.69 Å². The lowest BCUT2D eigenvalue weighted by molar-refractivity contribution is -0.274. The first kappa shape index (κ1) is 14.4. The van der Waals surface area contributed by atoms with Gasteiger partial charge in [-0.3, -0.25) is 0 Å². The molecule has 0 saturated heterocycles. The molecule has 0 atom stereocenters. The van der Waals surface area contributed by atoms with Gasteiger partial charge in [0, 0.05) is 21.2 Å². The van der Waals surface area contributed by atoms with Crippen molar-refractivity contribution in [2.45, 2.75) is 11.3 Å². The summed E-state index contributed by atoms with van der Waals surface area (Å²) in [6.45, 7) is 0. The van der Waals surface area contributed by atoms with Crippen molar-refractivity contribution in [2.75, 3.05) is 5.73 Å². The molecule has 0 amide bonds. The van der Waals surface area contributed by atoms with E-state index in [1.807, 2.05) is 0 Å². The molecule has 0 radical (unpaired) electrons. The van der Waals surface area contributed by atoms with Crippen molar-refractivity contribution in [3.8, 4) is 5.75 Å². The van der Waals surface area contributed by atoms with Gasteiger partial charge in [-0.05, 0) is 22.0 Å². The van der Waals surface area contributed by atoms with Crippen LogP contribution in [0.1, 0.15) is 0 Å². The van der Waals surface area contributed by atoms with Gasteiger partial charge in [0.2, 0.25) is 0 Å². The van der Waals surface area contributed by atoms with Gasteiger partial charge in [0.25, 0.3) is 9.05 Å². The minimum atomic E-state index is -4.98. The highest BCUT2D eigenvalue weighted by Gasteiger charge is 2.33. The van der Waals surface area contributed by atoms with Gasteiger partial charge in [0.1, 0.15) is 4.90 Å². The normalized spacial score (nSPS) is 12.5. The van der Waals surface area contributed by atoms with Gasteiger partial charge in [-0.2, -0.15) is 0 Å². The topological polar surface area (TPSA) is 69.4 Å². The minimum absolute atomic E-state index is 0.0560. The second-order valence-electron chi connectivity index (χ2n) is 2.81. The Balaban J connectivity index is 3.35. The first-order valence-electron chi connectivity index (χ1n) is 3.80. The molecule has 0 spiro atoms. The minimum Gasteiger partial charge on any atom is -0.404 e. The highest BCUT2D eigenvalue weighted by molar-refractivity contribution is 9.10. The molecular weight excluding hydrogens is 350 g/mol. The Morgan fingerprint density at radius 3 is 2.29 bits per heavy atom. The number of nitrogen functional groups attached to an aromatic ring is 1. The lowest BCUT2D eigenvalue weighted by Crippen LogP contribution is -2.18. The van der Waals surface area contributed by atoms with E-state index in [0.717, 1.165) is 6.07 Å². The molecule has 0 aliphatic carbocycles. The molecule has 96 valence electrons. The number of hydrogen-bond donors (Lipinski definition) is 1. The summed E-state index contributed by atoms with van der Waals surface area (Å²) >= 11 is 2.82. The lowest BCUT2D eigenvalue weighted by atomic mass is 10.3. The molecule has 0 fully saturated rings. The van der Waals surface area contributed by atoms with Crippen molar-refractivity contribution in [1.29, 1.82) is 0 Å². The lowest BCUT2D eigenvalue weighted by Gasteiger charge is -2.12. The molecule has 1 aromatic carbocycles. The maximum atomic E-state index is 12.0. The van der Waals surface area contributed by atoms with E-state index in [0.29, 0.717) is 6.07 Å². The molecule has 17 heavy (non-hydrogen) atoms. The van der Waals surface area contributed by atoms with E-state index < -0.39 is 26.1 Å². The van der Waals surface area contributed by atoms with Crippen LogP contribution in [0.15, 0.2) is 21.5 Å². The quantitative estimate of drug-likeness (QED) is 0.655. The van der Waals surface area contributed by atoms with Crippen LogP contribution in [0.4, 0.5) is 18.9 Å². The standard InChI is InChI=1S/C7H4BrClF3NO3S/c8-3-1-4(13)5(16-7(10,11)12)2-6(3)17(9,14)15/h1-2H,13H2. The van der Waals surface area contributed by atoms with Crippen molar-refractivity contribution >= 4 is 41.4 Å². The fourth-order valence-corrected chi connectivity index (χ4v) is 3.15. The van der Waals surface area contributed by atoms with E-state index in [9.17, 15) is 21.6 Å². The summed E-state index contributed by atoms with van der Waals surface area (Å²) in [6, 6.07) is 1.55. The number of anilines is 1. The van der Waals surface area contributed by atoms with Gasteiger partial charge in [-0.25, -0.2) is 8.42 Å². The highest BCUT2D eigenvalue weighted by Crippen LogP contribution is 2.36. The summed E-state index contributed by atoms with van der Waals surface area (Å²) in [6.07, 6.45) is -4.98. The van der Waals surface area contributed by atoms with Crippen molar-refractivity contribution in [2.24, 2.45) is 0 Å². The van der Waals surface area contributed by atoms with Crippen LogP contribution in [0.2, 0.25) is 0 Å². The Hall–Kier alpha value is -0.670. The Morgan fingerprint density at radius 1 is 1.35 bits per heavy atom. The molecule has 4 nitrogen and oxygen atoms in total. The number of ether oxygens (including phenoxy) is 1. The first-order valence-corrected chi connectivity index (χ1v) is 6.90. The van der Waals surface area contributed by atoms with Crippen LogP contribution in [0.3, 0.4) is 0 Å². The second-order valence-corrected chi connectivity index (χ2v) is 6.19. The van der Waals surface area contributed by atoms with Gasteiger partial charge in [0.15, 0.2) is 5.75 Å². The zero-order valence-corrected chi connectivity index (χ0v) is 10.9. The maximum absolute atomic E-state index is 12.0. The van der Waals surface area contributed by atoms with Crippen LogP contribution in [0.25, 0.3) is 0 Å². The molecular formula is C7H4BrClF3NO3S. The molecule has 0 aliphatic rings. The summed E-state index contributed by atoms with van der Waals surface area (Å²) in [5, 5.41) is 0.